The minimum Gasteiger partial charge on any atom is -0.462 e. The highest BCUT2D eigenvalue weighted by Crippen LogP contribution is 2.12. The molecule has 94 valence electrons. The topological polar surface area (TPSA) is 41.6 Å². The van der Waals surface area contributed by atoms with Gasteiger partial charge in [0, 0.05) is 25.7 Å². The molecule has 0 aromatic rings. The molecular weight excluding hydrogens is 204 g/mol. The van der Waals surface area contributed by atoms with E-state index in [0.29, 0.717) is 19.0 Å². The SMILES string of the molecule is CC(C)NCCC(=O)OC1CCN(C)CC1. The van der Waals surface area contributed by atoms with Gasteiger partial charge in [0.25, 0.3) is 0 Å². The Labute approximate surface area is 98.3 Å². The van der Waals surface area contributed by atoms with Gasteiger partial charge in [-0.1, -0.05) is 13.8 Å². The predicted octanol–water partition coefficient (Wildman–Crippen LogP) is 1.01. The lowest BCUT2D eigenvalue weighted by Gasteiger charge is -2.28. The second-order valence-electron chi connectivity index (χ2n) is 4.85. The number of carbonyl (C=O) groups is 1. The lowest BCUT2D eigenvalue weighted by molar-refractivity contribution is -0.150. The molecule has 0 saturated carbocycles. The third-order valence-corrected chi connectivity index (χ3v) is 2.85. The van der Waals surface area contributed by atoms with Crippen molar-refractivity contribution in [1.82, 2.24) is 10.2 Å². The number of hydrogen-bond acceptors (Lipinski definition) is 4. The van der Waals surface area contributed by atoms with Crippen molar-refractivity contribution < 1.29 is 9.53 Å². The summed E-state index contributed by atoms with van der Waals surface area (Å²) in [5.41, 5.74) is 0. The molecule has 1 aliphatic rings. The van der Waals surface area contributed by atoms with Gasteiger partial charge >= 0.3 is 5.97 Å². The van der Waals surface area contributed by atoms with Crippen LogP contribution in [0.2, 0.25) is 0 Å². The first-order valence-electron chi connectivity index (χ1n) is 6.19. The molecule has 0 aliphatic carbocycles. The van der Waals surface area contributed by atoms with E-state index in [2.05, 4.69) is 31.1 Å². The predicted molar refractivity (Wildman–Crippen MR) is 64.4 cm³/mol. The van der Waals surface area contributed by atoms with Crippen LogP contribution >= 0.6 is 0 Å². The van der Waals surface area contributed by atoms with Gasteiger partial charge in [-0.2, -0.15) is 0 Å². The van der Waals surface area contributed by atoms with Gasteiger partial charge in [-0.3, -0.25) is 4.79 Å². The number of likely N-dealkylation sites (tertiary alicyclic amines) is 1. The summed E-state index contributed by atoms with van der Waals surface area (Å²) in [4.78, 5) is 13.8. The molecule has 1 saturated heterocycles. The molecule has 0 unspecified atom stereocenters. The van der Waals surface area contributed by atoms with Crippen molar-refractivity contribution >= 4 is 5.97 Å². The highest BCUT2D eigenvalue weighted by molar-refractivity contribution is 5.69. The highest BCUT2D eigenvalue weighted by atomic mass is 16.5. The molecule has 4 heteroatoms. The number of rotatable bonds is 5. The van der Waals surface area contributed by atoms with E-state index in [1.807, 2.05) is 0 Å². The fraction of sp³-hybridized carbons (Fsp3) is 0.917. The van der Waals surface area contributed by atoms with Crippen LogP contribution < -0.4 is 5.32 Å². The monoisotopic (exact) mass is 228 g/mol. The minimum atomic E-state index is -0.0669. The van der Waals surface area contributed by atoms with E-state index in [4.69, 9.17) is 4.74 Å². The molecule has 0 spiro atoms. The fourth-order valence-corrected chi connectivity index (χ4v) is 1.81. The summed E-state index contributed by atoms with van der Waals surface area (Å²) in [6, 6.07) is 0.427. The van der Waals surface area contributed by atoms with Crippen molar-refractivity contribution in [3.8, 4) is 0 Å². The van der Waals surface area contributed by atoms with Crippen molar-refractivity contribution in [3.05, 3.63) is 0 Å². The second kappa shape index (κ2) is 6.86. The maximum atomic E-state index is 11.5. The van der Waals surface area contributed by atoms with E-state index < -0.39 is 0 Å². The minimum absolute atomic E-state index is 0.0669. The number of nitrogens with zero attached hydrogens (tertiary/aromatic N) is 1. The van der Waals surface area contributed by atoms with Crippen LogP contribution in [0.1, 0.15) is 33.1 Å². The average molecular weight is 228 g/mol. The third kappa shape index (κ3) is 5.47. The van der Waals surface area contributed by atoms with Crippen molar-refractivity contribution in [2.24, 2.45) is 0 Å². The number of piperidine rings is 1. The zero-order valence-corrected chi connectivity index (χ0v) is 10.7. The summed E-state index contributed by atoms with van der Waals surface area (Å²) < 4.78 is 5.42. The number of ether oxygens (including phenoxy) is 1. The van der Waals surface area contributed by atoms with Crippen molar-refractivity contribution in [1.29, 1.82) is 0 Å². The largest absolute Gasteiger partial charge is 0.462 e. The van der Waals surface area contributed by atoms with Crippen molar-refractivity contribution in [2.45, 2.75) is 45.3 Å². The number of esters is 1. The third-order valence-electron chi connectivity index (χ3n) is 2.85. The molecule has 0 aromatic carbocycles. The molecule has 0 amide bonds. The summed E-state index contributed by atoms with van der Waals surface area (Å²) in [5.74, 6) is -0.0669. The molecule has 1 N–H and O–H groups in total. The zero-order valence-electron chi connectivity index (χ0n) is 10.7. The van der Waals surface area contributed by atoms with Crippen LogP contribution in [-0.2, 0) is 9.53 Å². The maximum Gasteiger partial charge on any atom is 0.307 e. The summed E-state index contributed by atoms with van der Waals surface area (Å²) >= 11 is 0. The lowest BCUT2D eigenvalue weighted by Crippen LogP contribution is -2.35. The molecule has 0 radical (unpaired) electrons. The number of nitrogens with one attached hydrogen (secondary N) is 1. The van der Waals surface area contributed by atoms with Gasteiger partial charge in [0.05, 0.1) is 6.42 Å². The van der Waals surface area contributed by atoms with Crippen LogP contribution in [0, 0.1) is 0 Å². The quantitative estimate of drug-likeness (QED) is 0.713. The van der Waals surface area contributed by atoms with Crippen LogP contribution in [-0.4, -0.2) is 49.7 Å². The van der Waals surface area contributed by atoms with Crippen LogP contribution in [0.3, 0.4) is 0 Å². The van der Waals surface area contributed by atoms with Crippen LogP contribution in [0.25, 0.3) is 0 Å². The first kappa shape index (κ1) is 13.5. The zero-order chi connectivity index (χ0) is 12.0. The summed E-state index contributed by atoms with van der Waals surface area (Å²) in [6.07, 6.45) is 2.56. The molecule has 0 bridgehead atoms. The molecule has 16 heavy (non-hydrogen) atoms. The molecule has 0 atom stereocenters. The van der Waals surface area contributed by atoms with Crippen LogP contribution in [0.4, 0.5) is 0 Å². The van der Waals surface area contributed by atoms with E-state index in [1.54, 1.807) is 0 Å². The van der Waals surface area contributed by atoms with Crippen LogP contribution in [0.15, 0.2) is 0 Å². The Morgan fingerprint density at radius 3 is 2.62 bits per heavy atom. The molecule has 0 aromatic heterocycles. The van der Waals surface area contributed by atoms with Crippen molar-refractivity contribution in [3.63, 3.8) is 0 Å². The summed E-state index contributed by atoms with van der Waals surface area (Å²) in [7, 11) is 2.10. The lowest BCUT2D eigenvalue weighted by atomic mass is 10.1. The fourth-order valence-electron chi connectivity index (χ4n) is 1.81. The Bertz CT molecular complexity index is 211. The van der Waals surface area contributed by atoms with Gasteiger partial charge in [0.1, 0.15) is 6.10 Å². The van der Waals surface area contributed by atoms with Gasteiger partial charge in [0.2, 0.25) is 0 Å². The highest BCUT2D eigenvalue weighted by Gasteiger charge is 2.19. The van der Waals surface area contributed by atoms with E-state index in [-0.39, 0.29) is 12.1 Å². The number of hydrogen-bond donors (Lipinski definition) is 1. The molecular formula is C12H24N2O2. The Hall–Kier alpha value is -0.610. The Morgan fingerprint density at radius 2 is 2.06 bits per heavy atom. The van der Waals surface area contributed by atoms with Gasteiger partial charge in [0.15, 0.2) is 0 Å². The average Bonchev–Trinajstić information content (AvgIpc) is 2.21. The van der Waals surface area contributed by atoms with E-state index >= 15 is 0 Å². The van der Waals surface area contributed by atoms with Crippen molar-refractivity contribution in [2.75, 3.05) is 26.7 Å². The van der Waals surface area contributed by atoms with E-state index in [1.165, 1.54) is 0 Å². The molecule has 1 heterocycles. The molecule has 1 fully saturated rings. The Kier molecular flexibility index (Phi) is 5.77. The number of carbonyl (C=O) groups excluding carboxylic acids is 1. The molecule has 1 aliphatic heterocycles. The Morgan fingerprint density at radius 1 is 1.44 bits per heavy atom. The van der Waals surface area contributed by atoms with Gasteiger partial charge in [-0.15, -0.1) is 0 Å². The van der Waals surface area contributed by atoms with E-state index in [0.717, 1.165) is 25.9 Å². The second-order valence-corrected chi connectivity index (χ2v) is 4.85. The van der Waals surface area contributed by atoms with Gasteiger partial charge < -0.3 is 15.0 Å². The Balaban J connectivity index is 2.09. The van der Waals surface area contributed by atoms with Crippen LogP contribution in [0.5, 0.6) is 0 Å². The molecule has 4 nitrogen and oxygen atoms in total. The summed E-state index contributed by atoms with van der Waals surface area (Å²) in [5, 5.41) is 3.21. The first-order chi connectivity index (χ1) is 7.58. The normalized spacial score (nSPS) is 19.0. The molecule has 1 rings (SSSR count). The van der Waals surface area contributed by atoms with Gasteiger partial charge in [-0.05, 0) is 19.9 Å². The summed E-state index contributed by atoms with van der Waals surface area (Å²) in [6.45, 7) is 6.91. The van der Waals surface area contributed by atoms with Gasteiger partial charge in [-0.25, -0.2) is 0 Å². The first-order valence-corrected chi connectivity index (χ1v) is 6.19. The standard InChI is InChI=1S/C12H24N2O2/c1-10(2)13-7-4-12(15)16-11-5-8-14(3)9-6-11/h10-11,13H,4-9H2,1-3H3. The smallest absolute Gasteiger partial charge is 0.307 e. The maximum absolute atomic E-state index is 11.5. The van der Waals surface area contributed by atoms with E-state index in [9.17, 15) is 4.79 Å².